The minimum Gasteiger partial charge on any atom is -0.392 e. The predicted octanol–water partition coefficient (Wildman–Crippen LogP) is 8.16. The van der Waals surface area contributed by atoms with Gasteiger partial charge in [0.25, 0.3) is 0 Å². The van der Waals surface area contributed by atoms with Gasteiger partial charge in [-0.25, -0.2) is 0 Å². The molecule has 5 rings (SSSR count). The SMILES string of the molecule is CC.CC.CC.CC1=C2[C@@H](I)[C@H](O)[C@@]3(C)C(C[C@](O)(CC1)C2(C)C)[C@@H]1COC1C[C@@H]3O.O=C(I)c1ccccc1. The number of aliphatic hydroxyl groups excluding tert-OH is 2. The van der Waals surface area contributed by atoms with E-state index in [-0.39, 0.29) is 25.2 Å². The molecule has 1 aromatic carbocycles. The van der Waals surface area contributed by atoms with E-state index in [1.165, 1.54) is 11.1 Å². The Bertz CT molecular complexity index is 965. The first-order valence-electron chi connectivity index (χ1n) is 15.1. The number of fused-ring (bicyclic) bond motifs is 5. The van der Waals surface area contributed by atoms with Crippen LogP contribution in [0, 0.1) is 22.7 Å². The Morgan fingerprint density at radius 1 is 1.00 bits per heavy atom. The summed E-state index contributed by atoms with van der Waals surface area (Å²) >= 11 is 4.13. The zero-order valence-corrected chi connectivity index (χ0v) is 30.6. The molecule has 2 unspecified atom stereocenters. The van der Waals surface area contributed by atoms with Crippen LogP contribution in [-0.4, -0.2) is 53.6 Å². The van der Waals surface area contributed by atoms with Crippen molar-refractivity contribution in [2.45, 2.75) is 123 Å². The highest BCUT2D eigenvalue weighted by molar-refractivity contribution is 14.1. The van der Waals surface area contributed by atoms with Gasteiger partial charge in [0, 0.05) is 51.3 Å². The number of aliphatic hydroxyl groups is 3. The molecule has 3 aliphatic carbocycles. The standard InChI is InChI=1S/C20H31IO4.C7H5IO.3C2H6/c1-10-5-6-20(24)8-12-11-9-25-13(11)7-14(22)19(12,4)17(23)16(21)15(10)18(20,2)3;8-7(9)6-4-2-1-3-5-6;3*1-2/h11-14,16-17,22-24H,5-9H2,1-4H3;1-5H;3*1-2H3/t11-,12?,13?,14-,16+,17-,19-,20+;;;;/m0..../s1. The van der Waals surface area contributed by atoms with Crippen molar-refractivity contribution in [1.29, 1.82) is 0 Å². The molecule has 0 aromatic heterocycles. The normalized spacial score (nSPS) is 36.7. The summed E-state index contributed by atoms with van der Waals surface area (Å²) in [7, 11) is 0. The fourth-order valence-electron chi connectivity index (χ4n) is 6.90. The van der Waals surface area contributed by atoms with E-state index >= 15 is 0 Å². The van der Waals surface area contributed by atoms with Gasteiger partial charge in [-0.2, -0.15) is 0 Å². The van der Waals surface area contributed by atoms with Crippen molar-refractivity contribution in [1.82, 2.24) is 0 Å². The number of hydrogen-bond donors (Lipinski definition) is 3. The number of rotatable bonds is 1. The molecule has 230 valence electrons. The van der Waals surface area contributed by atoms with Gasteiger partial charge >= 0.3 is 0 Å². The van der Waals surface area contributed by atoms with Crippen molar-refractivity contribution in [2.24, 2.45) is 22.7 Å². The Labute approximate surface area is 271 Å². The summed E-state index contributed by atoms with van der Waals surface area (Å²) in [6.07, 6.45) is 1.74. The van der Waals surface area contributed by atoms with Gasteiger partial charge in [0.1, 0.15) is 0 Å². The van der Waals surface area contributed by atoms with E-state index in [0.717, 1.165) is 18.4 Å². The van der Waals surface area contributed by atoms with Gasteiger partial charge in [-0.05, 0) is 37.7 Å². The Morgan fingerprint density at radius 2 is 1.55 bits per heavy atom. The van der Waals surface area contributed by atoms with Crippen molar-refractivity contribution < 1.29 is 24.9 Å². The first-order chi connectivity index (χ1) is 18.8. The number of carbonyl (C=O) groups excluding carboxylic acids is 1. The number of carbonyl (C=O) groups is 1. The van der Waals surface area contributed by atoms with Gasteiger partial charge in [-0.3, -0.25) is 4.79 Å². The molecule has 40 heavy (non-hydrogen) atoms. The predicted molar refractivity (Wildman–Crippen MR) is 183 cm³/mol. The summed E-state index contributed by atoms with van der Waals surface area (Å²) < 4.78 is 5.70. The lowest BCUT2D eigenvalue weighted by atomic mass is 9.47. The van der Waals surface area contributed by atoms with Crippen molar-refractivity contribution >= 4 is 49.0 Å². The maximum absolute atomic E-state index is 11.8. The molecule has 5 nitrogen and oxygen atoms in total. The molecular formula is C33H54I2O5. The monoisotopic (exact) mass is 784 g/mol. The summed E-state index contributed by atoms with van der Waals surface area (Å²) in [6, 6.07) is 9.20. The second kappa shape index (κ2) is 16.1. The Kier molecular flexibility index (Phi) is 15.3. The second-order valence-electron chi connectivity index (χ2n) is 11.3. The van der Waals surface area contributed by atoms with Crippen LogP contribution >= 0.6 is 45.2 Å². The molecule has 7 heteroatoms. The molecular weight excluding hydrogens is 730 g/mol. The summed E-state index contributed by atoms with van der Waals surface area (Å²) in [4.78, 5) is 10.6. The fourth-order valence-corrected chi connectivity index (χ4v) is 9.35. The maximum Gasteiger partial charge on any atom is 0.222 e. The highest BCUT2D eigenvalue weighted by atomic mass is 127. The number of ether oxygens (including phenoxy) is 1. The maximum atomic E-state index is 11.8. The lowest BCUT2D eigenvalue weighted by Gasteiger charge is -2.64. The topological polar surface area (TPSA) is 87.0 Å². The van der Waals surface area contributed by atoms with Gasteiger partial charge in [-0.15, -0.1) is 0 Å². The molecule has 1 aliphatic heterocycles. The van der Waals surface area contributed by atoms with Gasteiger partial charge in [0.2, 0.25) is 3.79 Å². The van der Waals surface area contributed by atoms with Crippen LogP contribution in [0.15, 0.2) is 41.5 Å². The van der Waals surface area contributed by atoms with E-state index in [0.29, 0.717) is 25.4 Å². The molecule has 3 fully saturated rings. The summed E-state index contributed by atoms with van der Waals surface area (Å²) in [5.74, 6) is 0.409. The first kappa shape index (κ1) is 38.0. The van der Waals surface area contributed by atoms with Gasteiger partial charge < -0.3 is 20.1 Å². The van der Waals surface area contributed by atoms with Crippen LogP contribution in [-0.2, 0) is 4.74 Å². The number of alkyl halides is 1. The molecule has 1 aromatic rings. The highest BCUT2D eigenvalue weighted by Gasteiger charge is 2.65. The number of benzene rings is 1. The second-order valence-corrected chi connectivity index (χ2v) is 13.6. The third-order valence-electron chi connectivity index (χ3n) is 9.43. The minimum absolute atomic E-state index is 0.0755. The third-order valence-corrected chi connectivity index (χ3v) is 11.4. The smallest absolute Gasteiger partial charge is 0.222 e. The van der Waals surface area contributed by atoms with E-state index in [2.05, 4.69) is 43.4 Å². The molecule has 1 saturated heterocycles. The highest BCUT2D eigenvalue weighted by Crippen LogP contribution is 2.62. The number of halogens is 2. The summed E-state index contributed by atoms with van der Waals surface area (Å²) in [6.45, 7) is 21.2. The lowest BCUT2D eigenvalue weighted by molar-refractivity contribution is -0.261. The number of allylic oxidation sites excluding steroid dienone is 1. The first-order valence-corrected chi connectivity index (χ1v) is 17.5. The quantitative estimate of drug-likeness (QED) is 0.116. The fraction of sp³-hybridized carbons (Fsp3) is 0.727. The van der Waals surface area contributed by atoms with E-state index < -0.39 is 23.2 Å². The lowest BCUT2D eigenvalue weighted by Crippen LogP contribution is -2.68. The van der Waals surface area contributed by atoms with E-state index in [4.69, 9.17) is 4.74 Å². The zero-order chi connectivity index (χ0) is 31.1. The molecule has 0 radical (unpaired) electrons. The zero-order valence-electron chi connectivity index (χ0n) is 26.3. The van der Waals surface area contributed by atoms with E-state index in [9.17, 15) is 20.1 Å². The third kappa shape index (κ3) is 7.17. The molecule has 1 heterocycles. The minimum atomic E-state index is -0.797. The summed E-state index contributed by atoms with van der Waals surface area (Å²) in [5.41, 5.74) is 1.47. The molecule has 2 bridgehead atoms. The van der Waals surface area contributed by atoms with Crippen molar-refractivity contribution in [3.8, 4) is 0 Å². The van der Waals surface area contributed by atoms with E-state index in [1.807, 2.05) is 66.7 Å². The van der Waals surface area contributed by atoms with Gasteiger partial charge in [0.15, 0.2) is 0 Å². The largest absolute Gasteiger partial charge is 0.392 e. The average molecular weight is 785 g/mol. The van der Waals surface area contributed by atoms with Gasteiger partial charge in [-0.1, -0.05) is 121 Å². The molecule has 0 amide bonds. The van der Waals surface area contributed by atoms with Crippen molar-refractivity contribution in [3.05, 3.63) is 47.0 Å². The molecule has 0 spiro atoms. The van der Waals surface area contributed by atoms with Crippen LogP contribution in [0.4, 0.5) is 0 Å². The number of hydrogen-bond acceptors (Lipinski definition) is 5. The van der Waals surface area contributed by atoms with Crippen LogP contribution in [0.5, 0.6) is 0 Å². The van der Waals surface area contributed by atoms with E-state index in [1.54, 1.807) is 34.7 Å². The summed E-state index contributed by atoms with van der Waals surface area (Å²) in [5, 5.41) is 34.2. The van der Waals surface area contributed by atoms with Crippen LogP contribution < -0.4 is 0 Å². The molecule has 8 atom stereocenters. The van der Waals surface area contributed by atoms with Crippen LogP contribution in [0.25, 0.3) is 0 Å². The van der Waals surface area contributed by atoms with Crippen LogP contribution in [0.2, 0.25) is 0 Å². The molecule has 4 aliphatic rings. The van der Waals surface area contributed by atoms with Crippen LogP contribution in [0.3, 0.4) is 0 Å². The van der Waals surface area contributed by atoms with Crippen molar-refractivity contribution in [2.75, 3.05) is 6.61 Å². The molecule has 2 saturated carbocycles. The average Bonchev–Trinajstić information content (AvgIpc) is 2.95. The Hall–Kier alpha value is -0.0700. The Balaban J connectivity index is 0.000000447. The van der Waals surface area contributed by atoms with Crippen LogP contribution in [0.1, 0.15) is 105 Å². The molecule has 3 N–H and O–H groups in total. The Morgan fingerprint density at radius 3 is 2.00 bits per heavy atom. The van der Waals surface area contributed by atoms with Gasteiger partial charge in [0.05, 0.1) is 34.4 Å². The van der Waals surface area contributed by atoms with Crippen molar-refractivity contribution in [3.63, 3.8) is 0 Å².